The van der Waals surface area contributed by atoms with E-state index in [1.54, 1.807) is 6.92 Å². The topological polar surface area (TPSA) is 160 Å². The Kier molecular flexibility index (Phi) is 6.11. The average molecular weight is 299 g/mol. The number of primary amides is 1. The van der Waals surface area contributed by atoms with Crippen molar-refractivity contribution in [1.82, 2.24) is 20.8 Å². The van der Waals surface area contributed by atoms with E-state index in [0.29, 0.717) is 18.1 Å². The minimum Gasteiger partial charge on any atom is -0.480 e. The second-order valence-corrected chi connectivity index (χ2v) is 4.28. The number of aromatic nitrogens is 2. The minimum absolute atomic E-state index is 0.0673. The van der Waals surface area contributed by atoms with Gasteiger partial charge in [0.2, 0.25) is 11.8 Å². The number of nitrogens with one attached hydrogen (secondary N) is 2. The monoisotopic (exact) mass is 299 g/mol. The number of aliphatic carboxylic acids is 1. The Bertz CT molecular complexity index is 515. The molecule has 3 amide bonds. The third-order valence-corrected chi connectivity index (χ3v) is 2.49. The highest BCUT2D eigenvalue weighted by molar-refractivity contribution is 5.83. The van der Waals surface area contributed by atoms with E-state index in [2.05, 4.69) is 20.8 Å². The molecular formula is C11H17N5O5. The summed E-state index contributed by atoms with van der Waals surface area (Å²) in [7, 11) is 0. The van der Waals surface area contributed by atoms with Gasteiger partial charge in [-0.1, -0.05) is 5.16 Å². The first-order valence-corrected chi connectivity index (χ1v) is 6.23. The number of urea groups is 1. The summed E-state index contributed by atoms with van der Waals surface area (Å²) in [5.41, 5.74) is 4.94. The van der Waals surface area contributed by atoms with Crippen molar-refractivity contribution in [3.05, 3.63) is 11.7 Å². The van der Waals surface area contributed by atoms with Crippen molar-refractivity contribution in [3.8, 4) is 0 Å². The van der Waals surface area contributed by atoms with Crippen molar-refractivity contribution in [1.29, 1.82) is 0 Å². The molecule has 0 bridgehead atoms. The lowest BCUT2D eigenvalue weighted by Gasteiger charge is -2.14. The Morgan fingerprint density at radius 3 is 2.67 bits per heavy atom. The van der Waals surface area contributed by atoms with Crippen LogP contribution in [0.4, 0.5) is 4.79 Å². The number of amides is 3. The highest BCUT2D eigenvalue weighted by Gasteiger charge is 2.20. The van der Waals surface area contributed by atoms with Crippen LogP contribution >= 0.6 is 0 Å². The molecule has 0 saturated carbocycles. The molecule has 1 rings (SSSR count). The highest BCUT2D eigenvalue weighted by atomic mass is 16.5. The molecular weight excluding hydrogens is 282 g/mol. The van der Waals surface area contributed by atoms with Gasteiger partial charge >= 0.3 is 12.0 Å². The lowest BCUT2D eigenvalue weighted by atomic mass is 10.1. The lowest BCUT2D eigenvalue weighted by Crippen LogP contribution is -2.46. The molecule has 5 N–H and O–H groups in total. The molecule has 0 aliphatic rings. The van der Waals surface area contributed by atoms with Crippen LogP contribution in [0.3, 0.4) is 0 Å². The number of nitrogens with two attached hydrogens (primary N) is 1. The van der Waals surface area contributed by atoms with Crippen LogP contribution < -0.4 is 16.4 Å². The first-order chi connectivity index (χ1) is 9.88. The fourth-order valence-corrected chi connectivity index (χ4v) is 1.48. The molecule has 0 unspecified atom stereocenters. The maximum absolute atomic E-state index is 11.5. The predicted molar refractivity (Wildman–Crippen MR) is 69.1 cm³/mol. The van der Waals surface area contributed by atoms with Crippen LogP contribution in [0.2, 0.25) is 0 Å². The molecule has 10 nitrogen and oxygen atoms in total. The predicted octanol–water partition coefficient (Wildman–Crippen LogP) is -1.06. The van der Waals surface area contributed by atoms with Crippen molar-refractivity contribution < 1.29 is 24.0 Å². The van der Waals surface area contributed by atoms with Crippen molar-refractivity contribution in [2.45, 2.75) is 32.2 Å². The van der Waals surface area contributed by atoms with Gasteiger partial charge in [-0.15, -0.1) is 0 Å². The number of aryl methyl sites for hydroxylation is 1. The molecule has 21 heavy (non-hydrogen) atoms. The fourth-order valence-electron chi connectivity index (χ4n) is 1.48. The molecule has 0 spiro atoms. The van der Waals surface area contributed by atoms with Crippen LogP contribution in [0.5, 0.6) is 0 Å². The number of carboxylic acids is 1. The minimum atomic E-state index is -1.24. The molecule has 116 valence electrons. The second-order valence-electron chi connectivity index (χ2n) is 4.28. The number of nitrogens with zero attached hydrogens (tertiary/aromatic N) is 2. The van der Waals surface area contributed by atoms with Crippen LogP contribution in [0, 0.1) is 6.92 Å². The summed E-state index contributed by atoms with van der Waals surface area (Å²) in [6, 6.07) is -1.84. The Labute approximate surface area is 120 Å². The van der Waals surface area contributed by atoms with Crippen LogP contribution in [0.15, 0.2) is 4.52 Å². The standard InChI is InChI=1S/C11H17N5O5/c1-6-14-9(16-21-6)4-5-13-11(20)15-7(10(18)19)2-3-8(12)17/h7H,2-5H2,1H3,(H2,12,17)(H,18,19)(H2,13,15,20)/t7-/m1/s1. The highest BCUT2D eigenvalue weighted by Crippen LogP contribution is 1.98. The molecule has 1 aromatic heterocycles. The zero-order chi connectivity index (χ0) is 15.8. The smallest absolute Gasteiger partial charge is 0.326 e. The largest absolute Gasteiger partial charge is 0.480 e. The van der Waals surface area contributed by atoms with Crippen LogP contribution in [-0.2, 0) is 16.0 Å². The Morgan fingerprint density at radius 2 is 2.14 bits per heavy atom. The summed E-state index contributed by atoms with van der Waals surface area (Å²) in [5, 5.41) is 17.3. The zero-order valence-electron chi connectivity index (χ0n) is 11.5. The fraction of sp³-hybridized carbons (Fsp3) is 0.545. The third kappa shape index (κ3) is 6.36. The van der Waals surface area contributed by atoms with Gasteiger partial charge in [0.1, 0.15) is 6.04 Å². The number of carboxylic acid groups (broad SMARTS) is 1. The van der Waals surface area contributed by atoms with Gasteiger partial charge in [-0.2, -0.15) is 4.98 Å². The quantitative estimate of drug-likeness (QED) is 0.475. The number of rotatable bonds is 8. The number of hydrogen-bond donors (Lipinski definition) is 4. The molecule has 0 aromatic carbocycles. The number of hydrogen-bond acceptors (Lipinski definition) is 6. The Morgan fingerprint density at radius 1 is 1.43 bits per heavy atom. The van der Waals surface area contributed by atoms with Crippen LogP contribution in [0.1, 0.15) is 24.6 Å². The summed E-state index contributed by atoms with van der Waals surface area (Å²) < 4.78 is 4.76. The van der Waals surface area contributed by atoms with Crippen LogP contribution in [-0.4, -0.2) is 45.7 Å². The van der Waals surface area contributed by atoms with E-state index >= 15 is 0 Å². The lowest BCUT2D eigenvalue weighted by molar-refractivity contribution is -0.139. The van der Waals surface area contributed by atoms with Gasteiger partial charge in [0.15, 0.2) is 5.82 Å². The van der Waals surface area contributed by atoms with Gasteiger partial charge < -0.3 is 26.0 Å². The van der Waals surface area contributed by atoms with E-state index in [1.165, 1.54) is 0 Å². The second kappa shape index (κ2) is 7.82. The van der Waals surface area contributed by atoms with E-state index in [4.69, 9.17) is 15.4 Å². The summed E-state index contributed by atoms with van der Waals surface area (Å²) in [6.45, 7) is 1.86. The van der Waals surface area contributed by atoms with Gasteiger partial charge in [-0.3, -0.25) is 4.79 Å². The Balaban J connectivity index is 2.32. The normalized spacial score (nSPS) is 11.7. The van der Waals surface area contributed by atoms with Gasteiger partial charge in [0.25, 0.3) is 0 Å². The first-order valence-electron chi connectivity index (χ1n) is 6.23. The first kappa shape index (κ1) is 16.4. The van der Waals surface area contributed by atoms with Crippen molar-refractivity contribution in [3.63, 3.8) is 0 Å². The maximum atomic E-state index is 11.5. The van der Waals surface area contributed by atoms with Gasteiger partial charge in [-0.25, -0.2) is 9.59 Å². The molecule has 0 aliphatic carbocycles. The van der Waals surface area contributed by atoms with Gasteiger partial charge in [-0.05, 0) is 6.42 Å². The van der Waals surface area contributed by atoms with Crippen molar-refractivity contribution >= 4 is 17.9 Å². The van der Waals surface area contributed by atoms with E-state index < -0.39 is 23.9 Å². The van der Waals surface area contributed by atoms with E-state index in [-0.39, 0.29) is 19.4 Å². The third-order valence-electron chi connectivity index (χ3n) is 2.49. The SMILES string of the molecule is Cc1nc(CCNC(=O)N[C@H](CCC(N)=O)C(=O)O)no1. The molecule has 0 fully saturated rings. The number of carbonyl (C=O) groups excluding carboxylic acids is 2. The molecule has 0 aliphatic heterocycles. The van der Waals surface area contributed by atoms with E-state index in [9.17, 15) is 14.4 Å². The van der Waals surface area contributed by atoms with Crippen molar-refractivity contribution in [2.75, 3.05) is 6.54 Å². The van der Waals surface area contributed by atoms with E-state index in [0.717, 1.165) is 0 Å². The summed E-state index contributed by atoms with van der Waals surface area (Å²) in [6.07, 6.45) is 0.158. The summed E-state index contributed by atoms with van der Waals surface area (Å²) in [5.74, 6) is -1.00. The molecule has 1 aromatic rings. The molecule has 1 heterocycles. The van der Waals surface area contributed by atoms with E-state index in [1.807, 2.05) is 0 Å². The van der Waals surface area contributed by atoms with Crippen molar-refractivity contribution in [2.24, 2.45) is 5.73 Å². The molecule has 0 radical (unpaired) electrons. The van der Waals surface area contributed by atoms with Crippen LogP contribution in [0.25, 0.3) is 0 Å². The number of carbonyl (C=O) groups is 3. The average Bonchev–Trinajstić information content (AvgIpc) is 2.79. The summed E-state index contributed by atoms with van der Waals surface area (Å²) in [4.78, 5) is 37.0. The molecule has 10 heteroatoms. The van der Waals surface area contributed by atoms with Gasteiger partial charge in [0, 0.05) is 26.3 Å². The Hall–Kier alpha value is -2.65. The van der Waals surface area contributed by atoms with Gasteiger partial charge in [0.05, 0.1) is 0 Å². The maximum Gasteiger partial charge on any atom is 0.326 e. The molecule has 0 saturated heterocycles. The molecule has 1 atom stereocenters. The zero-order valence-corrected chi connectivity index (χ0v) is 11.5. The summed E-state index contributed by atoms with van der Waals surface area (Å²) >= 11 is 0.